The van der Waals surface area contributed by atoms with E-state index in [1.807, 2.05) is 17.0 Å². The van der Waals surface area contributed by atoms with Crippen molar-refractivity contribution in [2.45, 2.75) is 6.54 Å². The Morgan fingerprint density at radius 1 is 1.04 bits per heavy atom. The molecule has 1 amide bonds. The summed E-state index contributed by atoms with van der Waals surface area (Å²) < 4.78 is 10.5. The van der Waals surface area contributed by atoms with Crippen molar-refractivity contribution in [1.29, 1.82) is 0 Å². The Balaban J connectivity index is 1.59. The van der Waals surface area contributed by atoms with Gasteiger partial charge >= 0.3 is 0 Å². The van der Waals surface area contributed by atoms with Gasteiger partial charge in [0.05, 0.1) is 40.4 Å². The maximum absolute atomic E-state index is 12.8. The quantitative estimate of drug-likeness (QED) is 0.868. The minimum atomic E-state index is 0.0384. The Morgan fingerprint density at radius 2 is 1.69 bits per heavy atom. The van der Waals surface area contributed by atoms with E-state index in [4.69, 9.17) is 21.1 Å². The molecule has 0 unspecified atom stereocenters. The lowest BCUT2D eigenvalue weighted by atomic mass is 10.1. The first-order valence-corrected chi connectivity index (χ1v) is 9.08. The van der Waals surface area contributed by atoms with Crippen LogP contribution in [0.5, 0.6) is 11.5 Å². The number of methoxy groups -OCH3 is 2. The zero-order valence-corrected chi connectivity index (χ0v) is 15.9. The van der Waals surface area contributed by atoms with Gasteiger partial charge in [0, 0.05) is 16.1 Å². The molecule has 5 nitrogen and oxygen atoms in total. The standard InChI is InChI=1S/C20H23ClN2O3/c1-25-18-8-5-16(13-19(18)26-2)20(24)23-11-9-22(10-12-23)14-15-3-6-17(21)7-4-15/h3-8,13H,9-12,14H2,1-2H3/p+1. The van der Waals surface area contributed by atoms with Crippen LogP contribution in [0.1, 0.15) is 15.9 Å². The fourth-order valence-electron chi connectivity index (χ4n) is 3.25. The molecule has 138 valence electrons. The predicted octanol–water partition coefficient (Wildman–Crippen LogP) is 1.90. The van der Waals surface area contributed by atoms with Crippen molar-refractivity contribution in [3.05, 3.63) is 58.6 Å². The van der Waals surface area contributed by atoms with E-state index in [1.54, 1.807) is 32.4 Å². The van der Waals surface area contributed by atoms with Gasteiger partial charge in [-0.15, -0.1) is 0 Å². The number of hydrogen-bond acceptors (Lipinski definition) is 3. The van der Waals surface area contributed by atoms with Gasteiger partial charge in [-0.2, -0.15) is 0 Å². The van der Waals surface area contributed by atoms with Gasteiger partial charge in [0.25, 0.3) is 5.91 Å². The molecule has 0 atom stereocenters. The summed E-state index contributed by atoms with van der Waals surface area (Å²) in [6.07, 6.45) is 0. The molecule has 0 bridgehead atoms. The van der Waals surface area contributed by atoms with Crippen LogP contribution in [0.25, 0.3) is 0 Å². The van der Waals surface area contributed by atoms with Crippen molar-refractivity contribution in [3.8, 4) is 11.5 Å². The normalized spacial score (nSPS) is 15.0. The third kappa shape index (κ3) is 4.29. The van der Waals surface area contributed by atoms with E-state index in [2.05, 4.69) is 12.1 Å². The Kier molecular flexibility index (Phi) is 6.01. The number of quaternary nitrogens is 1. The lowest BCUT2D eigenvalue weighted by Gasteiger charge is -2.32. The van der Waals surface area contributed by atoms with Gasteiger partial charge in [0.15, 0.2) is 11.5 Å². The van der Waals surface area contributed by atoms with Crippen molar-refractivity contribution in [1.82, 2.24) is 4.90 Å². The third-order valence-corrected chi connectivity index (χ3v) is 5.01. The highest BCUT2D eigenvalue weighted by Gasteiger charge is 2.25. The molecule has 0 aromatic heterocycles. The van der Waals surface area contributed by atoms with E-state index in [9.17, 15) is 4.79 Å². The largest absolute Gasteiger partial charge is 0.493 e. The fraction of sp³-hybridized carbons (Fsp3) is 0.350. The zero-order valence-electron chi connectivity index (χ0n) is 15.1. The number of rotatable bonds is 5. The average Bonchev–Trinajstić information content (AvgIpc) is 2.69. The van der Waals surface area contributed by atoms with Crippen molar-refractivity contribution in [2.24, 2.45) is 0 Å². The molecule has 0 radical (unpaired) electrons. The van der Waals surface area contributed by atoms with Crippen LogP contribution < -0.4 is 14.4 Å². The van der Waals surface area contributed by atoms with Crippen LogP contribution in [0.2, 0.25) is 5.02 Å². The van der Waals surface area contributed by atoms with Crippen molar-refractivity contribution in [3.63, 3.8) is 0 Å². The molecule has 3 rings (SSSR count). The molecule has 1 fully saturated rings. The minimum Gasteiger partial charge on any atom is -0.493 e. The predicted molar refractivity (Wildman–Crippen MR) is 101 cm³/mol. The summed E-state index contributed by atoms with van der Waals surface area (Å²) in [5.74, 6) is 1.24. The molecule has 1 aliphatic heterocycles. The van der Waals surface area contributed by atoms with E-state index in [-0.39, 0.29) is 5.91 Å². The van der Waals surface area contributed by atoms with E-state index in [0.717, 1.165) is 37.7 Å². The first-order chi connectivity index (χ1) is 12.6. The number of piperazine rings is 1. The number of carbonyl (C=O) groups is 1. The molecular weight excluding hydrogens is 352 g/mol. The molecule has 2 aromatic carbocycles. The van der Waals surface area contributed by atoms with Crippen molar-refractivity contribution >= 4 is 17.5 Å². The summed E-state index contributed by atoms with van der Waals surface area (Å²) in [6.45, 7) is 4.31. The zero-order chi connectivity index (χ0) is 18.5. The van der Waals surface area contributed by atoms with E-state index < -0.39 is 0 Å². The van der Waals surface area contributed by atoms with Crippen LogP contribution in [-0.4, -0.2) is 51.2 Å². The molecule has 1 aliphatic rings. The van der Waals surface area contributed by atoms with Crippen LogP contribution in [0.3, 0.4) is 0 Å². The Morgan fingerprint density at radius 3 is 2.31 bits per heavy atom. The maximum Gasteiger partial charge on any atom is 0.254 e. The Labute approximate surface area is 159 Å². The summed E-state index contributed by atoms with van der Waals surface area (Å²) in [5, 5.41) is 0.758. The van der Waals surface area contributed by atoms with Gasteiger partial charge in [-0.25, -0.2) is 0 Å². The molecule has 1 saturated heterocycles. The van der Waals surface area contributed by atoms with Gasteiger partial charge in [-0.3, -0.25) is 4.79 Å². The van der Waals surface area contributed by atoms with Gasteiger partial charge in [-0.1, -0.05) is 23.7 Å². The van der Waals surface area contributed by atoms with Crippen molar-refractivity contribution in [2.75, 3.05) is 40.4 Å². The van der Waals surface area contributed by atoms with Crippen LogP contribution in [-0.2, 0) is 6.54 Å². The number of ether oxygens (including phenoxy) is 2. The van der Waals surface area contributed by atoms with E-state index in [0.29, 0.717) is 17.1 Å². The van der Waals surface area contributed by atoms with Gasteiger partial charge in [-0.05, 0) is 30.3 Å². The van der Waals surface area contributed by atoms with Crippen LogP contribution >= 0.6 is 11.6 Å². The third-order valence-electron chi connectivity index (χ3n) is 4.76. The minimum absolute atomic E-state index is 0.0384. The van der Waals surface area contributed by atoms with Crippen LogP contribution in [0.4, 0.5) is 0 Å². The van der Waals surface area contributed by atoms with E-state index in [1.165, 1.54) is 10.5 Å². The summed E-state index contributed by atoms with van der Waals surface area (Å²) in [4.78, 5) is 16.2. The van der Waals surface area contributed by atoms with Gasteiger partial charge < -0.3 is 19.3 Å². The lowest BCUT2D eigenvalue weighted by Crippen LogP contribution is -3.13. The second-order valence-electron chi connectivity index (χ2n) is 6.42. The number of nitrogens with one attached hydrogen (secondary N) is 1. The summed E-state index contributed by atoms with van der Waals surface area (Å²) in [7, 11) is 3.16. The highest BCUT2D eigenvalue weighted by atomic mass is 35.5. The monoisotopic (exact) mass is 375 g/mol. The summed E-state index contributed by atoms with van der Waals surface area (Å²) in [5.41, 5.74) is 1.90. The summed E-state index contributed by atoms with van der Waals surface area (Å²) in [6, 6.07) is 13.3. The molecule has 0 saturated carbocycles. The molecule has 0 aliphatic carbocycles. The second-order valence-corrected chi connectivity index (χ2v) is 6.85. The smallest absolute Gasteiger partial charge is 0.254 e. The molecule has 6 heteroatoms. The number of amides is 1. The first kappa shape index (κ1) is 18.5. The first-order valence-electron chi connectivity index (χ1n) is 8.70. The number of benzene rings is 2. The number of hydrogen-bond donors (Lipinski definition) is 1. The number of carbonyl (C=O) groups excluding carboxylic acids is 1. The molecule has 0 spiro atoms. The van der Waals surface area contributed by atoms with Crippen LogP contribution in [0, 0.1) is 0 Å². The number of nitrogens with zero attached hydrogens (tertiary/aromatic N) is 1. The summed E-state index contributed by atoms with van der Waals surface area (Å²) >= 11 is 5.94. The number of halogens is 1. The highest BCUT2D eigenvalue weighted by molar-refractivity contribution is 6.30. The molecule has 1 heterocycles. The Bertz CT molecular complexity index is 756. The van der Waals surface area contributed by atoms with Gasteiger partial charge in [0.2, 0.25) is 0 Å². The van der Waals surface area contributed by atoms with E-state index >= 15 is 0 Å². The van der Waals surface area contributed by atoms with Gasteiger partial charge in [0.1, 0.15) is 6.54 Å². The van der Waals surface area contributed by atoms with Crippen LogP contribution in [0.15, 0.2) is 42.5 Å². The lowest BCUT2D eigenvalue weighted by molar-refractivity contribution is -0.917. The molecule has 26 heavy (non-hydrogen) atoms. The second kappa shape index (κ2) is 8.43. The molecule has 1 N–H and O–H groups in total. The SMILES string of the molecule is COc1ccc(C(=O)N2CC[NH+](Cc3ccc(Cl)cc3)CC2)cc1OC. The maximum atomic E-state index is 12.8. The molecular formula is C20H24ClN2O3+. The Hall–Kier alpha value is -2.24. The topological polar surface area (TPSA) is 43.2 Å². The average molecular weight is 376 g/mol. The molecule has 2 aromatic rings. The highest BCUT2D eigenvalue weighted by Crippen LogP contribution is 2.28. The van der Waals surface area contributed by atoms with Crippen molar-refractivity contribution < 1.29 is 19.2 Å². The fourth-order valence-corrected chi connectivity index (χ4v) is 3.37.